The van der Waals surface area contributed by atoms with Gasteiger partial charge in [-0.2, -0.15) is 0 Å². The van der Waals surface area contributed by atoms with Crippen LogP contribution in [-0.2, 0) is 0 Å². The maximum atomic E-state index is 7.02. The van der Waals surface area contributed by atoms with Crippen LogP contribution in [0.25, 0.3) is 0 Å². The van der Waals surface area contributed by atoms with Gasteiger partial charge >= 0.3 is 0 Å². The van der Waals surface area contributed by atoms with Crippen LogP contribution in [0.15, 0.2) is 0 Å². The highest BCUT2D eigenvalue weighted by atomic mass is 79.9. The van der Waals surface area contributed by atoms with Crippen molar-refractivity contribution >= 4 is 15.9 Å². The van der Waals surface area contributed by atoms with Gasteiger partial charge in [0, 0.05) is 6.42 Å². The molecule has 0 N–H and O–H groups in total. The fourth-order valence-corrected chi connectivity index (χ4v) is 0.699. The van der Waals surface area contributed by atoms with Crippen LogP contribution in [-0.4, -0.2) is 5.28 Å². The van der Waals surface area contributed by atoms with Crippen LogP contribution in [0.1, 0.15) is 35.3 Å². The van der Waals surface area contributed by atoms with Gasteiger partial charge in [-0.05, 0) is 6.42 Å². The first-order valence-corrected chi connectivity index (χ1v) is 4.04. The lowest BCUT2D eigenvalue weighted by molar-refractivity contribution is 0.737. The molecule has 0 rings (SSSR count). The minimum absolute atomic E-state index is 0.805. The molecule has 0 aromatic rings. The molecule has 0 saturated heterocycles. The summed E-state index contributed by atoms with van der Waals surface area (Å²) in [6, 6.07) is 0. The van der Waals surface area contributed by atoms with Crippen molar-refractivity contribution < 1.29 is 2.74 Å². The first-order valence-electron chi connectivity index (χ1n) is 4.25. The number of halogens is 1. The minimum Gasteiger partial charge on any atom is -0.102 e. The predicted octanol–water partition coefficient (Wildman–Crippen LogP) is 2.97. The Hall–Kier alpha value is 0.0400. The second-order valence-electron chi connectivity index (χ2n) is 1.85. The monoisotopic (exact) mass is 190 g/mol. The molecule has 0 saturated carbocycles. The Labute approximate surface area is 69.0 Å². The van der Waals surface area contributed by atoms with Crippen LogP contribution in [0.4, 0.5) is 0 Å². The van der Waals surface area contributed by atoms with Crippen LogP contribution in [0.2, 0.25) is 0 Å². The number of rotatable bonds is 3. The summed E-state index contributed by atoms with van der Waals surface area (Å²) >= 11 is 2.81. The van der Waals surface area contributed by atoms with Gasteiger partial charge in [0.05, 0.1) is 8.02 Å². The Morgan fingerprint density at radius 2 is 2.22 bits per heavy atom. The average Bonchev–Trinajstić information content (AvgIpc) is 1.85. The van der Waals surface area contributed by atoms with Crippen LogP contribution >= 0.6 is 15.9 Å². The second kappa shape index (κ2) is 8.04. The molecule has 0 radical (unpaired) electrons. The standard InChI is InChI=1S/C8H13Br/c1-2-3-4-5-6-7-8-9/h2-5,8H2,1H3/i8D2. The van der Waals surface area contributed by atoms with Crippen molar-refractivity contribution in [3.63, 3.8) is 0 Å². The molecular weight excluding hydrogens is 176 g/mol. The molecule has 0 aliphatic carbocycles. The zero-order valence-electron chi connectivity index (χ0n) is 7.71. The second-order valence-corrected chi connectivity index (χ2v) is 2.25. The quantitative estimate of drug-likeness (QED) is 0.365. The number of hydrogen-bond donors (Lipinski definition) is 0. The molecule has 0 aromatic heterocycles. The summed E-state index contributed by atoms with van der Waals surface area (Å²) in [4.78, 5) is 0. The molecule has 0 bridgehead atoms. The third-order valence-electron chi connectivity index (χ3n) is 1.04. The fourth-order valence-electron chi connectivity index (χ4n) is 0.559. The largest absolute Gasteiger partial charge is 0.102 e. The zero-order chi connectivity index (χ0) is 8.74. The van der Waals surface area contributed by atoms with Crippen molar-refractivity contribution in [2.24, 2.45) is 0 Å². The molecule has 0 aliphatic heterocycles. The first-order chi connectivity index (χ1) is 5.06. The van der Waals surface area contributed by atoms with Crippen LogP contribution in [0, 0.1) is 11.8 Å². The van der Waals surface area contributed by atoms with Gasteiger partial charge in [-0.3, -0.25) is 0 Å². The maximum Gasteiger partial charge on any atom is 0.0645 e. The van der Waals surface area contributed by atoms with E-state index < -0.39 is 5.28 Å². The molecule has 0 spiro atoms. The SMILES string of the molecule is [2H]C([2H])(Br)C#CCCCCC. The molecule has 52 valence electrons. The molecule has 0 aliphatic rings. The Bertz CT molecular complexity index is 150. The van der Waals surface area contributed by atoms with Crippen molar-refractivity contribution in [3.8, 4) is 11.8 Å². The summed E-state index contributed by atoms with van der Waals surface area (Å²) in [6.07, 6.45) is 4.24. The van der Waals surface area contributed by atoms with E-state index in [1.165, 1.54) is 12.8 Å². The van der Waals surface area contributed by atoms with Gasteiger partial charge < -0.3 is 0 Å². The number of alkyl halides is 1. The van der Waals surface area contributed by atoms with Crippen LogP contribution in [0.5, 0.6) is 0 Å². The first kappa shape index (κ1) is 5.80. The Kier molecular flexibility index (Phi) is 5.18. The molecular formula is C8H13Br. The highest BCUT2D eigenvalue weighted by Gasteiger charge is 1.79. The van der Waals surface area contributed by atoms with E-state index in [1.807, 2.05) is 0 Å². The van der Waals surface area contributed by atoms with E-state index in [2.05, 4.69) is 34.7 Å². The summed E-state index contributed by atoms with van der Waals surface area (Å²) in [5.74, 6) is 5.27. The summed E-state index contributed by atoms with van der Waals surface area (Å²) in [5, 5.41) is -1.50. The normalized spacial score (nSPS) is 13.1. The molecule has 0 atom stereocenters. The summed E-state index contributed by atoms with van der Waals surface area (Å²) in [6.45, 7) is 2.14. The highest BCUT2D eigenvalue weighted by Crippen LogP contribution is 1.96. The molecule has 0 amide bonds. The summed E-state index contributed by atoms with van der Waals surface area (Å²) < 4.78 is 14.0. The summed E-state index contributed by atoms with van der Waals surface area (Å²) in [7, 11) is 0. The van der Waals surface area contributed by atoms with E-state index in [0.29, 0.717) is 0 Å². The van der Waals surface area contributed by atoms with Gasteiger partial charge in [-0.15, -0.1) is 5.92 Å². The van der Waals surface area contributed by atoms with Gasteiger partial charge in [0.15, 0.2) is 0 Å². The van der Waals surface area contributed by atoms with Gasteiger partial charge in [-0.25, -0.2) is 0 Å². The Morgan fingerprint density at radius 3 is 2.78 bits per heavy atom. The van der Waals surface area contributed by atoms with Crippen LogP contribution in [0.3, 0.4) is 0 Å². The average molecular weight is 191 g/mol. The smallest absolute Gasteiger partial charge is 0.0645 e. The lowest BCUT2D eigenvalue weighted by atomic mass is 10.2. The van der Waals surface area contributed by atoms with Crippen molar-refractivity contribution in [2.45, 2.75) is 32.6 Å². The van der Waals surface area contributed by atoms with Crippen molar-refractivity contribution in [1.82, 2.24) is 0 Å². The van der Waals surface area contributed by atoms with Crippen molar-refractivity contribution in [2.75, 3.05) is 5.28 Å². The van der Waals surface area contributed by atoms with Gasteiger partial charge in [-0.1, -0.05) is 41.6 Å². The molecule has 1 heteroatoms. The number of hydrogen-bond acceptors (Lipinski definition) is 0. The fraction of sp³-hybridized carbons (Fsp3) is 0.750. The van der Waals surface area contributed by atoms with E-state index >= 15 is 0 Å². The minimum atomic E-state index is -1.50. The lowest BCUT2D eigenvalue weighted by Crippen LogP contribution is -1.70. The Balaban J connectivity index is 3.41. The molecule has 9 heavy (non-hydrogen) atoms. The predicted molar refractivity (Wildman–Crippen MR) is 45.7 cm³/mol. The zero-order valence-corrected chi connectivity index (χ0v) is 7.29. The maximum absolute atomic E-state index is 7.02. The lowest BCUT2D eigenvalue weighted by Gasteiger charge is -1.87. The summed E-state index contributed by atoms with van der Waals surface area (Å²) in [5.41, 5.74) is 0. The molecule has 0 heterocycles. The van der Waals surface area contributed by atoms with E-state index in [1.54, 1.807) is 0 Å². The molecule has 0 nitrogen and oxygen atoms in total. The molecule has 0 fully saturated rings. The topological polar surface area (TPSA) is 0 Å². The van der Waals surface area contributed by atoms with Crippen molar-refractivity contribution in [3.05, 3.63) is 0 Å². The van der Waals surface area contributed by atoms with Crippen molar-refractivity contribution in [1.29, 1.82) is 0 Å². The third kappa shape index (κ3) is 8.04. The van der Waals surface area contributed by atoms with E-state index in [9.17, 15) is 0 Å². The van der Waals surface area contributed by atoms with Crippen LogP contribution < -0.4 is 0 Å². The molecule has 0 unspecified atom stereocenters. The highest BCUT2D eigenvalue weighted by molar-refractivity contribution is 9.09. The third-order valence-corrected chi connectivity index (χ3v) is 1.24. The van der Waals surface area contributed by atoms with E-state index in [0.717, 1.165) is 12.8 Å². The van der Waals surface area contributed by atoms with Gasteiger partial charge in [0.2, 0.25) is 0 Å². The van der Waals surface area contributed by atoms with E-state index in [4.69, 9.17) is 2.74 Å². The Morgan fingerprint density at radius 1 is 1.44 bits per heavy atom. The molecule has 0 aromatic carbocycles. The van der Waals surface area contributed by atoms with Gasteiger partial charge in [0.1, 0.15) is 0 Å². The van der Waals surface area contributed by atoms with E-state index in [-0.39, 0.29) is 0 Å². The van der Waals surface area contributed by atoms with Gasteiger partial charge in [0.25, 0.3) is 0 Å². The number of unbranched alkanes of at least 4 members (excludes halogenated alkanes) is 3.